The van der Waals surface area contributed by atoms with E-state index in [-0.39, 0.29) is 11.2 Å². The van der Waals surface area contributed by atoms with Gasteiger partial charge >= 0.3 is 0 Å². The number of thiophene rings is 1. The molecule has 0 bridgehead atoms. The molecule has 0 spiro atoms. The lowest BCUT2D eigenvalue weighted by molar-refractivity contribution is -0.120. The van der Waals surface area contributed by atoms with Crippen LogP contribution >= 0.6 is 23.1 Å². The van der Waals surface area contributed by atoms with Crippen LogP contribution in [-0.4, -0.2) is 27.7 Å². The third-order valence-electron chi connectivity index (χ3n) is 2.95. The number of hydrogen-bond acceptors (Lipinski definition) is 5. The molecule has 2 aromatic heterocycles. The van der Waals surface area contributed by atoms with Gasteiger partial charge in [0, 0.05) is 6.54 Å². The maximum absolute atomic E-state index is 11.9. The van der Waals surface area contributed by atoms with Gasteiger partial charge in [0.05, 0.1) is 15.5 Å². The highest BCUT2D eigenvalue weighted by molar-refractivity contribution is 8.00. The Morgan fingerprint density at radius 2 is 2.33 bits per heavy atom. The number of carbonyl (C=O) groups is 1. The molecule has 0 unspecified atom stereocenters. The SMILES string of the molecule is O=C1NCCCC[C@H]1Sc1ncnc2ccsc12. The van der Waals surface area contributed by atoms with Crippen LogP contribution in [0, 0.1) is 0 Å². The number of hydrogen-bond donors (Lipinski definition) is 1. The highest BCUT2D eigenvalue weighted by atomic mass is 32.2. The summed E-state index contributed by atoms with van der Waals surface area (Å²) in [7, 11) is 0. The zero-order valence-electron chi connectivity index (χ0n) is 9.76. The van der Waals surface area contributed by atoms with E-state index < -0.39 is 0 Å². The largest absolute Gasteiger partial charge is 0.355 e. The van der Waals surface area contributed by atoms with Crippen LogP contribution in [0.5, 0.6) is 0 Å². The molecule has 2 aromatic rings. The molecule has 0 aliphatic carbocycles. The Hall–Kier alpha value is -1.14. The number of fused-ring (bicyclic) bond motifs is 1. The monoisotopic (exact) mass is 279 g/mol. The first-order chi connectivity index (χ1) is 8.84. The molecule has 6 heteroatoms. The van der Waals surface area contributed by atoms with Gasteiger partial charge in [0.15, 0.2) is 0 Å². The van der Waals surface area contributed by atoms with E-state index in [9.17, 15) is 4.79 Å². The average molecular weight is 279 g/mol. The van der Waals surface area contributed by atoms with Crippen LogP contribution in [0.2, 0.25) is 0 Å². The number of rotatable bonds is 2. The van der Waals surface area contributed by atoms with E-state index in [1.807, 2.05) is 11.4 Å². The molecule has 18 heavy (non-hydrogen) atoms. The fourth-order valence-corrected chi connectivity index (χ4v) is 4.09. The molecule has 0 radical (unpaired) electrons. The number of nitrogens with one attached hydrogen (secondary N) is 1. The number of aromatic nitrogens is 2. The Morgan fingerprint density at radius 3 is 3.28 bits per heavy atom. The molecule has 1 aliphatic heterocycles. The molecule has 1 amide bonds. The van der Waals surface area contributed by atoms with Gasteiger partial charge in [-0.15, -0.1) is 11.3 Å². The number of carbonyl (C=O) groups excluding carboxylic acids is 1. The summed E-state index contributed by atoms with van der Waals surface area (Å²) in [4.78, 5) is 20.5. The molecule has 0 saturated carbocycles. The molecule has 1 atom stereocenters. The first-order valence-electron chi connectivity index (χ1n) is 5.97. The molecule has 4 nitrogen and oxygen atoms in total. The summed E-state index contributed by atoms with van der Waals surface area (Å²) in [6.07, 6.45) is 4.66. The topological polar surface area (TPSA) is 54.9 Å². The summed E-state index contributed by atoms with van der Waals surface area (Å²) in [5, 5.41) is 5.87. The second-order valence-electron chi connectivity index (χ2n) is 4.21. The van der Waals surface area contributed by atoms with Gasteiger partial charge in [-0.25, -0.2) is 9.97 Å². The molecule has 0 aromatic carbocycles. The Labute approximate surface area is 113 Å². The van der Waals surface area contributed by atoms with Gasteiger partial charge in [-0.2, -0.15) is 0 Å². The maximum Gasteiger partial charge on any atom is 0.233 e. The van der Waals surface area contributed by atoms with Crippen molar-refractivity contribution in [3.05, 3.63) is 17.8 Å². The zero-order chi connectivity index (χ0) is 12.4. The van der Waals surface area contributed by atoms with E-state index >= 15 is 0 Å². The summed E-state index contributed by atoms with van der Waals surface area (Å²) < 4.78 is 1.08. The summed E-state index contributed by atoms with van der Waals surface area (Å²) in [6.45, 7) is 0.800. The molecular weight excluding hydrogens is 266 g/mol. The van der Waals surface area contributed by atoms with Crippen molar-refractivity contribution in [3.63, 3.8) is 0 Å². The smallest absolute Gasteiger partial charge is 0.233 e. The second kappa shape index (κ2) is 5.24. The fourth-order valence-electron chi connectivity index (χ4n) is 2.01. The van der Waals surface area contributed by atoms with Crippen molar-refractivity contribution >= 4 is 39.2 Å². The van der Waals surface area contributed by atoms with Crippen molar-refractivity contribution in [2.45, 2.75) is 29.5 Å². The molecule has 1 aliphatic rings. The van der Waals surface area contributed by atoms with Crippen LogP contribution in [0.15, 0.2) is 22.8 Å². The molecule has 1 fully saturated rings. The van der Waals surface area contributed by atoms with Crippen molar-refractivity contribution in [3.8, 4) is 0 Å². The van der Waals surface area contributed by atoms with Crippen LogP contribution < -0.4 is 5.32 Å². The predicted octanol–water partition coefficient (Wildman–Crippen LogP) is 2.45. The first kappa shape index (κ1) is 11.9. The summed E-state index contributed by atoms with van der Waals surface area (Å²) in [5.41, 5.74) is 0.964. The van der Waals surface area contributed by atoms with Crippen LogP contribution in [-0.2, 0) is 4.79 Å². The highest BCUT2D eigenvalue weighted by Crippen LogP contribution is 2.33. The fraction of sp³-hybridized carbons (Fsp3) is 0.417. The molecule has 1 saturated heterocycles. The first-order valence-corrected chi connectivity index (χ1v) is 7.73. The normalized spacial score (nSPS) is 20.7. The standard InChI is InChI=1S/C12H13N3OS2/c16-11-9(3-1-2-5-13-11)18-12-10-8(4-6-17-10)14-7-15-12/h4,6-7,9H,1-3,5H2,(H,13,16)/t9-/m1/s1. The minimum absolute atomic E-state index is 0.0206. The van der Waals surface area contributed by atoms with Gasteiger partial charge in [-0.1, -0.05) is 18.2 Å². The third kappa shape index (κ3) is 2.35. The van der Waals surface area contributed by atoms with E-state index in [0.717, 1.165) is 41.0 Å². The number of amides is 1. The summed E-state index contributed by atoms with van der Waals surface area (Å²) in [6, 6.07) is 1.99. The molecule has 3 rings (SSSR count). The third-order valence-corrected chi connectivity index (χ3v) is 5.26. The van der Waals surface area contributed by atoms with Crippen molar-refractivity contribution < 1.29 is 4.79 Å². The van der Waals surface area contributed by atoms with E-state index in [1.54, 1.807) is 29.4 Å². The van der Waals surface area contributed by atoms with Gasteiger partial charge in [-0.05, 0) is 24.3 Å². The minimum atomic E-state index is -0.0206. The zero-order valence-corrected chi connectivity index (χ0v) is 11.4. The number of thioether (sulfide) groups is 1. The summed E-state index contributed by atoms with van der Waals surface area (Å²) in [5.74, 6) is 0.140. The quantitative estimate of drug-likeness (QED) is 0.858. The predicted molar refractivity (Wildman–Crippen MR) is 73.9 cm³/mol. The minimum Gasteiger partial charge on any atom is -0.355 e. The lowest BCUT2D eigenvalue weighted by atomic mass is 10.2. The average Bonchev–Trinajstić information content (AvgIpc) is 2.77. The number of nitrogens with zero attached hydrogens (tertiary/aromatic N) is 2. The van der Waals surface area contributed by atoms with Crippen molar-refractivity contribution in [1.29, 1.82) is 0 Å². The second-order valence-corrected chi connectivity index (χ2v) is 6.31. The van der Waals surface area contributed by atoms with E-state index in [0.29, 0.717) is 0 Å². The van der Waals surface area contributed by atoms with Crippen molar-refractivity contribution in [1.82, 2.24) is 15.3 Å². The Morgan fingerprint density at radius 1 is 1.39 bits per heavy atom. The van der Waals surface area contributed by atoms with E-state index in [1.165, 1.54) is 0 Å². The Kier molecular flexibility index (Phi) is 3.47. The van der Waals surface area contributed by atoms with Gasteiger partial charge in [0.25, 0.3) is 0 Å². The van der Waals surface area contributed by atoms with Gasteiger partial charge in [-0.3, -0.25) is 4.79 Å². The maximum atomic E-state index is 11.9. The van der Waals surface area contributed by atoms with Gasteiger partial charge in [0.2, 0.25) is 5.91 Å². The Balaban J connectivity index is 1.86. The van der Waals surface area contributed by atoms with Crippen LogP contribution in [0.3, 0.4) is 0 Å². The van der Waals surface area contributed by atoms with E-state index in [4.69, 9.17) is 0 Å². The lowest BCUT2D eigenvalue weighted by Crippen LogP contribution is -2.30. The van der Waals surface area contributed by atoms with Gasteiger partial charge < -0.3 is 5.32 Å². The van der Waals surface area contributed by atoms with E-state index in [2.05, 4.69) is 15.3 Å². The van der Waals surface area contributed by atoms with Crippen molar-refractivity contribution in [2.24, 2.45) is 0 Å². The van der Waals surface area contributed by atoms with Crippen LogP contribution in [0.4, 0.5) is 0 Å². The Bertz CT molecular complexity index is 569. The lowest BCUT2D eigenvalue weighted by Gasteiger charge is -2.11. The van der Waals surface area contributed by atoms with Crippen LogP contribution in [0.1, 0.15) is 19.3 Å². The highest BCUT2D eigenvalue weighted by Gasteiger charge is 2.23. The van der Waals surface area contributed by atoms with Crippen molar-refractivity contribution in [2.75, 3.05) is 6.54 Å². The molecule has 1 N–H and O–H groups in total. The molecular formula is C12H13N3OS2. The van der Waals surface area contributed by atoms with Gasteiger partial charge in [0.1, 0.15) is 11.4 Å². The molecule has 94 valence electrons. The summed E-state index contributed by atoms with van der Waals surface area (Å²) >= 11 is 3.20. The molecule has 3 heterocycles. The van der Waals surface area contributed by atoms with Crippen LogP contribution in [0.25, 0.3) is 10.2 Å².